The Morgan fingerprint density at radius 2 is 0.778 bits per heavy atom. The van der Waals surface area contributed by atoms with Crippen LogP contribution < -0.4 is 127 Å². The molecule has 0 spiro atoms. The first-order chi connectivity index (χ1) is 0. The van der Waals surface area contributed by atoms with E-state index in [2.05, 4.69) is 0 Å². The molecule has 0 heterocycles. The largest absolute Gasteiger partial charge is 1.00 e. The predicted octanol–water partition coefficient (Wildman–Crippen LogP) is -7.20. The number of thiol groups is 1. The second-order valence-corrected chi connectivity index (χ2v) is 0. The van der Waals surface area contributed by atoms with Crippen molar-refractivity contribution in [2.45, 2.75) is 14.9 Å². The van der Waals surface area contributed by atoms with Gasteiger partial charge >= 0.3 is 103 Å². The van der Waals surface area contributed by atoms with Crippen molar-refractivity contribution in [3.8, 4) is 0 Å². The van der Waals surface area contributed by atoms with Gasteiger partial charge in [-0.2, -0.15) is 23.4 Å². The summed E-state index contributed by atoms with van der Waals surface area (Å²) in [5.41, 5.74) is 0. The van der Waals surface area contributed by atoms with Crippen molar-refractivity contribution in [1.29, 1.82) is 0 Å². The minimum absolute atomic E-state index is 0. The molecule has 56 valence electrons. The van der Waals surface area contributed by atoms with Crippen molar-refractivity contribution >= 4 is 60.9 Å². The molecular formula is C2H15I2K2PS2. The van der Waals surface area contributed by atoms with Crippen LogP contribution in [0.3, 0.4) is 0 Å². The van der Waals surface area contributed by atoms with Gasteiger partial charge in [-0.1, -0.05) is 14.9 Å². The molecule has 0 aromatic rings. The second kappa shape index (κ2) is 66.7. The van der Waals surface area contributed by atoms with Gasteiger partial charge in [0.15, 0.2) is 0 Å². The molecule has 9 heavy (non-hydrogen) atoms. The first-order valence-corrected chi connectivity index (χ1v) is 0. The van der Waals surface area contributed by atoms with Crippen LogP contribution in [0.5, 0.6) is 0 Å². The SMILES string of the molecule is C.C.I.P.S.[I-].[K+].[K+].[SH-]. The molecule has 7 heteroatoms. The summed E-state index contributed by atoms with van der Waals surface area (Å²) in [6.07, 6.45) is 0. The van der Waals surface area contributed by atoms with Crippen molar-refractivity contribution in [1.82, 2.24) is 0 Å². The zero-order valence-corrected chi connectivity index (χ0v) is 18.5. The van der Waals surface area contributed by atoms with Crippen LogP contribution >= 0.6 is 47.4 Å². The Bertz CT molecular complexity index is 20.5. The van der Waals surface area contributed by atoms with E-state index >= 15 is 0 Å². The molecule has 0 rings (SSSR count). The minimum Gasteiger partial charge on any atom is -1.00 e. The summed E-state index contributed by atoms with van der Waals surface area (Å²) in [6.45, 7) is 0. The maximum absolute atomic E-state index is 0. The fraction of sp³-hybridized carbons (Fsp3) is 1.00. The average Bonchev–Trinajstić information content (AvgIpc) is 0. The molecule has 0 fully saturated rings. The van der Waals surface area contributed by atoms with Gasteiger partial charge in [-0.25, -0.2) is 0 Å². The maximum Gasteiger partial charge on any atom is 1.00 e. The van der Waals surface area contributed by atoms with Gasteiger partial charge in [0.25, 0.3) is 0 Å². The van der Waals surface area contributed by atoms with Crippen LogP contribution in [-0.2, 0) is 13.5 Å². The predicted molar refractivity (Wildman–Crippen MR) is 59.1 cm³/mol. The Hall–Kier alpha value is 5.86. The minimum atomic E-state index is 0. The molecule has 1 unspecified atom stereocenters. The summed E-state index contributed by atoms with van der Waals surface area (Å²) < 4.78 is 0. The monoisotopic (exact) mass is 466 g/mol. The van der Waals surface area contributed by atoms with E-state index in [9.17, 15) is 0 Å². The average molecular weight is 466 g/mol. The van der Waals surface area contributed by atoms with Gasteiger partial charge in [0, 0.05) is 0 Å². The molecule has 0 nitrogen and oxygen atoms in total. The topological polar surface area (TPSA) is 0 Å². The van der Waals surface area contributed by atoms with Crippen LogP contribution in [0.4, 0.5) is 0 Å². The molecule has 0 saturated carbocycles. The summed E-state index contributed by atoms with van der Waals surface area (Å²) in [5.74, 6) is 0. The fourth-order valence-electron chi connectivity index (χ4n) is 0. The molecule has 0 amide bonds. The molecule has 1 atom stereocenters. The third kappa shape index (κ3) is 56.8. The molecular weight excluding hydrogens is 451 g/mol. The van der Waals surface area contributed by atoms with Crippen LogP contribution in [0.25, 0.3) is 0 Å². The Balaban J connectivity index is 0. The molecule has 0 aliphatic carbocycles. The Kier molecular flexibility index (Phi) is 616. The van der Waals surface area contributed by atoms with Gasteiger partial charge in [-0.3, -0.25) is 0 Å². The Labute approximate surface area is 196 Å². The fourth-order valence-corrected chi connectivity index (χ4v) is 0. The van der Waals surface area contributed by atoms with E-state index in [0.29, 0.717) is 0 Å². The van der Waals surface area contributed by atoms with Crippen molar-refractivity contribution < 1.29 is 127 Å². The number of rotatable bonds is 0. The van der Waals surface area contributed by atoms with Crippen LogP contribution in [0, 0.1) is 0 Å². The van der Waals surface area contributed by atoms with E-state index < -0.39 is 0 Å². The van der Waals surface area contributed by atoms with Crippen molar-refractivity contribution in [3.63, 3.8) is 0 Å². The molecule has 0 aliphatic heterocycles. The Morgan fingerprint density at radius 1 is 0.778 bits per heavy atom. The standard InChI is InChI=1S/2CH4.2HI.2K.H3P.2H2S/h2*1H4;2*1H;;;1H3;2*1H2/q;;;;2*+1;;;/p-2. The van der Waals surface area contributed by atoms with Gasteiger partial charge in [-0.05, 0) is 0 Å². The molecule has 0 aromatic heterocycles. The summed E-state index contributed by atoms with van der Waals surface area (Å²) in [5, 5.41) is 0. The van der Waals surface area contributed by atoms with Crippen molar-refractivity contribution in [2.75, 3.05) is 0 Å². The molecule has 0 bridgehead atoms. The third-order valence-electron chi connectivity index (χ3n) is 0. The molecule has 0 saturated heterocycles. The van der Waals surface area contributed by atoms with E-state index in [0.717, 1.165) is 0 Å². The Morgan fingerprint density at radius 3 is 0.778 bits per heavy atom. The van der Waals surface area contributed by atoms with E-state index in [1.807, 2.05) is 0 Å². The van der Waals surface area contributed by atoms with Crippen LogP contribution in [0.2, 0.25) is 0 Å². The first kappa shape index (κ1) is 83.1. The smallest absolute Gasteiger partial charge is 1.00 e. The van der Waals surface area contributed by atoms with Crippen molar-refractivity contribution in [2.24, 2.45) is 0 Å². The summed E-state index contributed by atoms with van der Waals surface area (Å²) >= 11 is 0. The summed E-state index contributed by atoms with van der Waals surface area (Å²) in [4.78, 5) is 0. The maximum atomic E-state index is 0. The number of hydrogen-bond acceptors (Lipinski definition) is 1. The van der Waals surface area contributed by atoms with Crippen LogP contribution in [-0.4, -0.2) is 0 Å². The van der Waals surface area contributed by atoms with E-state index in [1.54, 1.807) is 0 Å². The molecule has 0 aliphatic rings. The van der Waals surface area contributed by atoms with Gasteiger partial charge < -0.3 is 37.5 Å². The van der Waals surface area contributed by atoms with Gasteiger partial charge in [0.1, 0.15) is 0 Å². The third-order valence-corrected chi connectivity index (χ3v) is 0. The molecule has 0 radical (unpaired) electrons. The molecule has 0 N–H and O–H groups in total. The van der Waals surface area contributed by atoms with Crippen molar-refractivity contribution in [3.05, 3.63) is 0 Å². The first-order valence-electron chi connectivity index (χ1n) is 0. The number of halogens is 2. The zero-order chi connectivity index (χ0) is 0. The zero-order valence-electron chi connectivity index (χ0n) is 4.44. The summed E-state index contributed by atoms with van der Waals surface area (Å²) in [7, 11) is 0. The normalized spacial score (nSPS) is 0. The van der Waals surface area contributed by atoms with Crippen LogP contribution in [0.15, 0.2) is 0 Å². The van der Waals surface area contributed by atoms with Crippen LogP contribution in [0.1, 0.15) is 14.9 Å². The number of hydrogen-bond donors (Lipinski definition) is 0. The van der Waals surface area contributed by atoms with E-state index in [1.165, 1.54) is 0 Å². The second-order valence-electron chi connectivity index (χ2n) is 0. The van der Waals surface area contributed by atoms with Gasteiger partial charge in [-0.15, -0.1) is 24.0 Å². The van der Waals surface area contributed by atoms with Gasteiger partial charge in [0.2, 0.25) is 0 Å². The molecule has 0 aromatic carbocycles. The quantitative estimate of drug-likeness (QED) is 0.113. The van der Waals surface area contributed by atoms with E-state index in [-0.39, 0.29) is 202 Å². The van der Waals surface area contributed by atoms with Gasteiger partial charge in [0.05, 0.1) is 0 Å². The summed E-state index contributed by atoms with van der Waals surface area (Å²) in [6, 6.07) is 0. The van der Waals surface area contributed by atoms with E-state index in [4.69, 9.17) is 0 Å².